The van der Waals surface area contributed by atoms with Gasteiger partial charge in [0.25, 0.3) is 5.69 Å². The van der Waals surface area contributed by atoms with Crippen LogP contribution in [0.5, 0.6) is 0 Å². The van der Waals surface area contributed by atoms with E-state index in [2.05, 4.69) is 5.10 Å². The number of aryl methyl sites for hydroxylation is 1. The van der Waals surface area contributed by atoms with E-state index in [1.54, 1.807) is 26.0 Å². The first kappa shape index (κ1) is 16.6. The Labute approximate surface area is 144 Å². The molecule has 3 rings (SSSR count). The van der Waals surface area contributed by atoms with Crippen LogP contribution in [-0.2, 0) is 15.3 Å². The first-order valence-corrected chi connectivity index (χ1v) is 7.72. The van der Waals surface area contributed by atoms with Crippen molar-refractivity contribution in [2.24, 2.45) is 5.10 Å². The van der Waals surface area contributed by atoms with Crippen molar-refractivity contribution in [1.29, 1.82) is 0 Å². The summed E-state index contributed by atoms with van der Waals surface area (Å²) in [6.45, 7) is 4.71. The average Bonchev–Trinajstić information content (AvgIpc) is 2.95. The number of nitro benzene ring substituents is 1. The number of hydrogen-bond acceptors (Lipinski definition) is 5. The summed E-state index contributed by atoms with van der Waals surface area (Å²) in [5, 5.41) is 16.8. The van der Waals surface area contributed by atoms with Crippen molar-refractivity contribution in [3.63, 3.8) is 0 Å². The predicted molar refractivity (Wildman–Crippen MR) is 91.8 cm³/mol. The van der Waals surface area contributed by atoms with E-state index in [1.165, 1.54) is 18.0 Å². The molecule has 1 aliphatic heterocycles. The van der Waals surface area contributed by atoms with Gasteiger partial charge in [0, 0.05) is 36.6 Å². The van der Waals surface area contributed by atoms with Crippen LogP contribution in [-0.4, -0.2) is 21.7 Å². The van der Waals surface area contributed by atoms with Crippen molar-refractivity contribution in [3.8, 4) is 0 Å². The minimum atomic E-state index is -1.25. The molecule has 0 N–H and O–H groups in total. The zero-order valence-corrected chi connectivity index (χ0v) is 14.1. The first-order valence-electron chi connectivity index (χ1n) is 7.72. The number of carbonyl (C=O) groups excluding carboxylic acids is 1. The molecule has 0 aliphatic carbocycles. The van der Waals surface area contributed by atoms with Gasteiger partial charge in [-0.3, -0.25) is 14.9 Å². The number of nitro groups is 1. The summed E-state index contributed by atoms with van der Waals surface area (Å²) in [7, 11) is 0. The molecular weight excluding hydrogens is 322 g/mol. The molecule has 1 unspecified atom stereocenters. The van der Waals surface area contributed by atoms with Crippen LogP contribution in [0.15, 0.2) is 53.6 Å². The second kappa shape index (κ2) is 6.01. The third-order valence-corrected chi connectivity index (χ3v) is 4.15. The van der Waals surface area contributed by atoms with Crippen LogP contribution in [0.1, 0.15) is 30.5 Å². The Morgan fingerprint density at radius 3 is 2.52 bits per heavy atom. The summed E-state index contributed by atoms with van der Waals surface area (Å²) in [6, 6.07) is 14.0. The molecule has 1 aliphatic rings. The van der Waals surface area contributed by atoms with Gasteiger partial charge in [-0.15, -0.1) is 5.10 Å². The molecule has 2 aromatic carbocycles. The zero-order chi connectivity index (χ0) is 18.2. The fourth-order valence-corrected chi connectivity index (χ4v) is 2.78. The minimum absolute atomic E-state index is 0.0287. The number of nitrogens with zero attached hydrogens (tertiary/aromatic N) is 3. The molecule has 1 atom stereocenters. The van der Waals surface area contributed by atoms with Gasteiger partial charge in [0.05, 0.1) is 4.92 Å². The van der Waals surface area contributed by atoms with Crippen molar-refractivity contribution in [3.05, 3.63) is 75.3 Å². The maximum Gasteiger partial charge on any atom is 0.272 e. The predicted octanol–water partition coefficient (Wildman–Crippen LogP) is 3.32. The van der Waals surface area contributed by atoms with Crippen molar-refractivity contribution < 1.29 is 14.5 Å². The zero-order valence-electron chi connectivity index (χ0n) is 14.1. The molecule has 0 fully saturated rings. The van der Waals surface area contributed by atoms with Gasteiger partial charge in [-0.1, -0.05) is 30.3 Å². The van der Waals surface area contributed by atoms with Gasteiger partial charge in [0.1, 0.15) is 0 Å². The molecule has 0 saturated carbocycles. The molecule has 1 heterocycles. The molecule has 1 amide bonds. The molecule has 7 heteroatoms. The normalized spacial score (nSPS) is 19.3. The lowest BCUT2D eigenvalue weighted by molar-refractivity contribution is -0.385. The summed E-state index contributed by atoms with van der Waals surface area (Å²) in [4.78, 5) is 22.9. The highest BCUT2D eigenvalue weighted by atomic mass is 16.6. The summed E-state index contributed by atoms with van der Waals surface area (Å²) in [5.74, 6) is -0.0295. The van der Waals surface area contributed by atoms with Crippen LogP contribution < -0.4 is 0 Å². The number of hydrazone groups is 1. The molecule has 0 bridgehead atoms. The number of amides is 1. The second-order valence-corrected chi connectivity index (χ2v) is 5.95. The fraction of sp³-hybridized carbons (Fsp3) is 0.222. The number of ether oxygens (including phenoxy) is 1. The largest absolute Gasteiger partial charge is 0.443 e. The highest BCUT2D eigenvalue weighted by Gasteiger charge is 2.45. The van der Waals surface area contributed by atoms with Gasteiger partial charge >= 0.3 is 0 Å². The molecule has 7 nitrogen and oxygen atoms in total. The van der Waals surface area contributed by atoms with E-state index in [4.69, 9.17) is 4.74 Å². The lowest BCUT2D eigenvalue weighted by Gasteiger charge is -2.31. The smallest absolute Gasteiger partial charge is 0.272 e. The highest BCUT2D eigenvalue weighted by Crippen LogP contribution is 2.38. The summed E-state index contributed by atoms with van der Waals surface area (Å²) >= 11 is 0. The van der Waals surface area contributed by atoms with Gasteiger partial charge in [0.2, 0.25) is 17.5 Å². The van der Waals surface area contributed by atoms with E-state index in [0.717, 1.165) is 5.56 Å². The number of benzene rings is 2. The van der Waals surface area contributed by atoms with Gasteiger partial charge in [-0.2, -0.15) is 5.01 Å². The van der Waals surface area contributed by atoms with Crippen LogP contribution in [0.2, 0.25) is 0 Å². The van der Waals surface area contributed by atoms with Gasteiger partial charge in [-0.25, -0.2) is 0 Å². The SMILES string of the molecule is CC(=O)N1N=C(c2ccccc2)OC1(C)c1ccc(C)c([N+](=O)[O-])c1. The Morgan fingerprint density at radius 1 is 1.24 bits per heavy atom. The molecule has 2 aromatic rings. The van der Waals surface area contributed by atoms with Crippen molar-refractivity contribution >= 4 is 17.5 Å². The van der Waals surface area contributed by atoms with Crippen molar-refractivity contribution in [2.75, 3.05) is 0 Å². The van der Waals surface area contributed by atoms with E-state index in [-0.39, 0.29) is 11.6 Å². The third-order valence-electron chi connectivity index (χ3n) is 4.15. The van der Waals surface area contributed by atoms with Crippen LogP contribution in [0.3, 0.4) is 0 Å². The van der Waals surface area contributed by atoms with Crippen LogP contribution in [0.4, 0.5) is 5.69 Å². The van der Waals surface area contributed by atoms with Crippen LogP contribution in [0.25, 0.3) is 0 Å². The maximum absolute atomic E-state index is 12.1. The molecule has 0 aromatic heterocycles. The minimum Gasteiger partial charge on any atom is -0.443 e. The van der Waals surface area contributed by atoms with Crippen LogP contribution in [0, 0.1) is 17.0 Å². The van der Waals surface area contributed by atoms with Crippen LogP contribution >= 0.6 is 0 Å². The Balaban J connectivity index is 2.07. The molecular formula is C18H17N3O4. The standard InChI is InChI=1S/C18H17N3O4/c1-12-9-10-15(11-16(12)21(23)24)18(3)20(13(2)22)19-17(25-18)14-7-5-4-6-8-14/h4-11H,1-3H3. The Hall–Kier alpha value is -3.22. The van der Waals surface area contributed by atoms with E-state index >= 15 is 0 Å². The van der Waals surface area contributed by atoms with Gasteiger partial charge in [0.15, 0.2) is 0 Å². The first-order chi connectivity index (χ1) is 11.8. The Morgan fingerprint density at radius 2 is 1.92 bits per heavy atom. The number of hydrogen-bond donors (Lipinski definition) is 0. The molecule has 128 valence electrons. The highest BCUT2D eigenvalue weighted by molar-refractivity contribution is 5.96. The lowest BCUT2D eigenvalue weighted by atomic mass is 10.0. The third kappa shape index (κ3) is 2.84. The molecule has 25 heavy (non-hydrogen) atoms. The van der Waals surface area contributed by atoms with E-state index < -0.39 is 10.6 Å². The Kier molecular flexibility index (Phi) is 4.00. The Bertz CT molecular complexity index is 879. The maximum atomic E-state index is 12.1. The fourth-order valence-electron chi connectivity index (χ4n) is 2.78. The van der Waals surface area contributed by atoms with E-state index in [9.17, 15) is 14.9 Å². The number of rotatable bonds is 3. The molecule has 0 radical (unpaired) electrons. The van der Waals surface area contributed by atoms with Gasteiger partial charge in [-0.05, 0) is 19.1 Å². The lowest BCUT2D eigenvalue weighted by Crippen LogP contribution is -2.41. The average molecular weight is 339 g/mol. The summed E-state index contributed by atoms with van der Waals surface area (Å²) in [6.07, 6.45) is 0. The molecule has 0 spiro atoms. The topological polar surface area (TPSA) is 85.0 Å². The summed E-state index contributed by atoms with van der Waals surface area (Å²) in [5.41, 5.74) is 0.455. The van der Waals surface area contributed by atoms with E-state index in [0.29, 0.717) is 17.0 Å². The van der Waals surface area contributed by atoms with Crippen molar-refractivity contribution in [2.45, 2.75) is 26.5 Å². The monoisotopic (exact) mass is 339 g/mol. The quantitative estimate of drug-likeness (QED) is 0.634. The summed E-state index contributed by atoms with van der Waals surface area (Å²) < 4.78 is 6.00. The van der Waals surface area contributed by atoms with Gasteiger partial charge < -0.3 is 4.74 Å². The van der Waals surface area contributed by atoms with Crippen molar-refractivity contribution in [1.82, 2.24) is 5.01 Å². The van der Waals surface area contributed by atoms with E-state index in [1.807, 2.05) is 30.3 Å². The molecule has 0 saturated heterocycles. The second-order valence-electron chi connectivity index (χ2n) is 5.95. The number of carbonyl (C=O) groups is 1.